The second kappa shape index (κ2) is 5.92. The van der Waals surface area contributed by atoms with Crippen molar-refractivity contribution < 1.29 is 5.11 Å². The van der Waals surface area contributed by atoms with Crippen LogP contribution in [0.15, 0.2) is 0 Å². The molecule has 1 aliphatic rings. The summed E-state index contributed by atoms with van der Waals surface area (Å²) in [5.74, 6) is 0.716. The van der Waals surface area contributed by atoms with E-state index >= 15 is 0 Å². The average Bonchev–Trinajstić information content (AvgIpc) is 2.66. The third-order valence-electron chi connectivity index (χ3n) is 5.71. The summed E-state index contributed by atoms with van der Waals surface area (Å²) in [6.07, 6.45) is 5.77. The molecule has 1 aliphatic carbocycles. The third kappa shape index (κ3) is 3.45. The van der Waals surface area contributed by atoms with Crippen LogP contribution in [-0.2, 0) is 13.5 Å². The quantitative estimate of drug-likeness (QED) is 0.901. The van der Waals surface area contributed by atoms with Gasteiger partial charge in [-0.2, -0.15) is 5.10 Å². The van der Waals surface area contributed by atoms with Gasteiger partial charge in [0.1, 0.15) is 5.15 Å². The van der Waals surface area contributed by atoms with Gasteiger partial charge in [-0.3, -0.25) is 4.68 Å². The number of halogens is 1. The Balaban J connectivity index is 2.06. The maximum Gasteiger partial charge on any atom is 0.130 e. The molecule has 1 aromatic rings. The van der Waals surface area contributed by atoms with E-state index in [0.29, 0.717) is 22.9 Å². The van der Waals surface area contributed by atoms with Gasteiger partial charge in [0, 0.05) is 19.0 Å². The topological polar surface area (TPSA) is 38.1 Å². The first-order valence-electron chi connectivity index (χ1n) is 8.09. The lowest BCUT2D eigenvalue weighted by molar-refractivity contribution is -0.0277. The number of nitrogens with zero attached hydrogens (tertiary/aromatic N) is 2. The van der Waals surface area contributed by atoms with Crippen LogP contribution in [0.1, 0.15) is 64.1 Å². The van der Waals surface area contributed by atoms with Gasteiger partial charge in [0.25, 0.3) is 0 Å². The van der Waals surface area contributed by atoms with Crippen LogP contribution >= 0.6 is 11.6 Å². The second-order valence-electron chi connectivity index (χ2n) is 7.50. The summed E-state index contributed by atoms with van der Waals surface area (Å²) in [5, 5.41) is 16.0. The molecule has 1 aromatic heterocycles. The van der Waals surface area contributed by atoms with Gasteiger partial charge in [-0.25, -0.2) is 0 Å². The van der Waals surface area contributed by atoms with Crippen molar-refractivity contribution in [2.75, 3.05) is 0 Å². The third-order valence-corrected chi connectivity index (χ3v) is 6.18. The number of aromatic nitrogens is 2. The van der Waals surface area contributed by atoms with Crippen molar-refractivity contribution in [1.82, 2.24) is 9.78 Å². The smallest absolute Gasteiger partial charge is 0.130 e. The molecule has 0 spiro atoms. The zero-order chi connectivity index (χ0) is 15.8. The van der Waals surface area contributed by atoms with Gasteiger partial charge in [0.05, 0.1) is 11.3 Å². The highest BCUT2D eigenvalue weighted by Gasteiger charge is 2.39. The highest BCUT2D eigenvalue weighted by atomic mass is 35.5. The van der Waals surface area contributed by atoms with Crippen LogP contribution in [0.2, 0.25) is 5.15 Å². The Kier molecular flexibility index (Phi) is 4.75. The van der Waals surface area contributed by atoms with Gasteiger partial charge >= 0.3 is 0 Å². The molecule has 0 bridgehead atoms. The summed E-state index contributed by atoms with van der Waals surface area (Å²) in [4.78, 5) is 0. The molecule has 0 amide bonds. The van der Waals surface area contributed by atoms with Crippen molar-refractivity contribution in [2.24, 2.45) is 18.4 Å². The van der Waals surface area contributed by atoms with Crippen molar-refractivity contribution in [3.63, 3.8) is 0 Å². The van der Waals surface area contributed by atoms with Gasteiger partial charge < -0.3 is 5.11 Å². The Bertz CT molecular complexity index is 499. The van der Waals surface area contributed by atoms with Gasteiger partial charge in [-0.1, -0.05) is 38.8 Å². The lowest BCUT2D eigenvalue weighted by Gasteiger charge is -2.42. The molecule has 2 rings (SSSR count). The molecule has 0 saturated heterocycles. The SMILES string of the molecule is CCC(C)(C)C1CCC(O)(Cc2c(C)nn(C)c2Cl)CC1. The van der Waals surface area contributed by atoms with E-state index in [2.05, 4.69) is 25.9 Å². The molecule has 4 heteroatoms. The lowest BCUT2D eigenvalue weighted by Crippen LogP contribution is -2.39. The Morgan fingerprint density at radius 2 is 1.95 bits per heavy atom. The summed E-state index contributed by atoms with van der Waals surface area (Å²) in [6.45, 7) is 8.93. The molecule has 1 saturated carbocycles. The highest BCUT2D eigenvalue weighted by molar-refractivity contribution is 6.30. The van der Waals surface area contributed by atoms with Crippen LogP contribution in [0.4, 0.5) is 0 Å². The minimum Gasteiger partial charge on any atom is -0.390 e. The zero-order valence-corrected chi connectivity index (χ0v) is 14.8. The monoisotopic (exact) mass is 312 g/mol. The minimum absolute atomic E-state index is 0.378. The fraction of sp³-hybridized carbons (Fsp3) is 0.824. The van der Waals surface area contributed by atoms with Crippen LogP contribution in [0.5, 0.6) is 0 Å². The molecule has 1 heterocycles. The van der Waals surface area contributed by atoms with E-state index in [1.54, 1.807) is 4.68 Å². The van der Waals surface area contributed by atoms with E-state index < -0.39 is 5.60 Å². The first-order valence-corrected chi connectivity index (χ1v) is 8.47. The molecule has 1 fully saturated rings. The lowest BCUT2D eigenvalue weighted by atomic mass is 9.65. The molecule has 0 radical (unpaired) electrons. The Morgan fingerprint density at radius 1 is 1.38 bits per heavy atom. The molecule has 0 aliphatic heterocycles. The Morgan fingerprint density at radius 3 is 2.38 bits per heavy atom. The maximum atomic E-state index is 10.9. The summed E-state index contributed by atoms with van der Waals surface area (Å²) < 4.78 is 1.70. The first-order chi connectivity index (χ1) is 9.68. The Labute approximate surface area is 133 Å². The number of aryl methyl sites for hydroxylation is 2. The number of aliphatic hydroxyl groups is 1. The van der Waals surface area contributed by atoms with E-state index in [4.69, 9.17) is 11.6 Å². The molecule has 21 heavy (non-hydrogen) atoms. The van der Waals surface area contributed by atoms with Crippen molar-refractivity contribution in [3.8, 4) is 0 Å². The predicted molar refractivity (Wildman–Crippen MR) is 87.6 cm³/mol. The number of hydrogen-bond acceptors (Lipinski definition) is 2. The fourth-order valence-corrected chi connectivity index (χ4v) is 3.85. The molecule has 120 valence electrons. The molecular weight excluding hydrogens is 284 g/mol. The Hall–Kier alpha value is -0.540. The zero-order valence-electron chi connectivity index (χ0n) is 14.0. The molecule has 1 N–H and O–H groups in total. The maximum absolute atomic E-state index is 10.9. The van der Waals surface area contributed by atoms with Crippen LogP contribution in [0, 0.1) is 18.3 Å². The molecule has 3 nitrogen and oxygen atoms in total. The van der Waals surface area contributed by atoms with Crippen LogP contribution < -0.4 is 0 Å². The van der Waals surface area contributed by atoms with E-state index in [0.717, 1.165) is 36.9 Å². The summed E-state index contributed by atoms with van der Waals surface area (Å²) >= 11 is 6.31. The van der Waals surface area contributed by atoms with Crippen LogP contribution in [-0.4, -0.2) is 20.5 Å². The largest absolute Gasteiger partial charge is 0.390 e. The van der Waals surface area contributed by atoms with Crippen molar-refractivity contribution >= 4 is 11.6 Å². The van der Waals surface area contributed by atoms with Crippen molar-refractivity contribution in [3.05, 3.63) is 16.4 Å². The van der Waals surface area contributed by atoms with E-state index in [1.807, 2.05) is 14.0 Å². The molecule has 0 aromatic carbocycles. The van der Waals surface area contributed by atoms with Gasteiger partial charge in [0.15, 0.2) is 0 Å². The van der Waals surface area contributed by atoms with Gasteiger partial charge in [0.2, 0.25) is 0 Å². The first kappa shape index (κ1) is 16.8. The predicted octanol–water partition coefficient (Wildman–Crippen LogP) is 4.28. The normalized spacial score (nSPS) is 27.1. The second-order valence-corrected chi connectivity index (χ2v) is 7.85. The number of rotatable bonds is 4. The molecule has 0 unspecified atom stereocenters. The van der Waals surface area contributed by atoms with Gasteiger partial charge in [-0.15, -0.1) is 0 Å². The summed E-state index contributed by atoms with van der Waals surface area (Å²) in [5.41, 5.74) is 1.71. The van der Waals surface area contributed by atoms with E-state index in [9.17, 15) is 5.11 Å². The van der Waals surface area contributed by atoms with Crippen LogP contribution in [0.25, 0.3) is 0 Å². The summed E-state index contributed by atoms with van der Waals surface area (Å²) in [7, 11) is 1.85. The number of hydrogen-bond donors (Lipinski definition) is 1. The van der Waals surface area contributed by atoms with Crippen LogP contribution in [0.3, 0.4) is 0 Å². The van der Waals surface area contributed by atoms with E-state index in [1.165, 1.54) is 6.42 Å². The van der Waals surface area contributed by atoms with Gasteiger partial charge in [-0.05, 0) is 43.9 Å². The minimum atomic E-state index is -0.613. The van der Waals surface area contributed by atoms with Crippen molar-refractivity contribution in [1.29, 1.82) is 0 Å². The molecule has 0 atom stereocenters. The van der Waals surface area contributed by atoms with E-state index in [-0.39, 0.29) is 0 Å². The fourth-order valence-electron chi connectivity index (χ4n) is 3.61. The summed E-state index contributed by atoms with van der Waals surface area (Å²) in [6, 6.07) is 0. The van der Waals surface area contributed by atoms with Crippen molar-refractivity contribution in [2.45, 2.75) is 71.8 Å². The highest BCUT2D eigenvalue weighted by Crippen LogP contribution is 2.44. The molecular formula is C17H29ClN2O. The average molecular weight is 313 g/mol. The standard InChI is InChI=1S/C17H29ClN2O/c1-6-16(3,4)13-7-9-17(21,10-8-13)11-14-12(2)19-20(5)15(14)18/h13,21H,6-11H2,1-5H3.